The van der Waals surface area contributed by atoms with Crippen LogP contribution in [0, 0.1) is 5.82 Å². The third-order valence-electron chi connectivity index (χ3n) is 4.58. The van der Waals surface area contributed by atoms with E-state index in [1.165, 1.54) is 17.0 Å². The number of hydrogen-bond donors (Lipinski definition) is 2. The summed E-state index contributed by atoms with van der Waals surface area (Å²) in [4.78, 5) is 30.9. The van der Waals surface area contributed by atoms with Crippen LogP contribution in [0.2, 0.25) is 0 Å². The van der Waals surface area contributed by atoms with Crippen molar-refractivity contribution in [1.82, 2.24) is 10.4 Å². The number of carbonyl (C=O) groups excluding carboxylic acids is 2. The maximum atomic E-state index is 14.7. The van der Waals surface area contributed by atoms with Crippen molar-refractivity contribution in [1.29, 1.82) is 0 Å². The number of carbonyl (C=O) groups is 2. The number of anilines is 2. The molecule has 160 valence electrons. The van der Waals surface area contributed by atoms with Crippen LogP contribution in [0.25, 0.3) is 0 Å². The Labute approximate surface area is 164 Å². The maximum absolute atomic E-state index is 14.7. The fourth-order valence-corrected chi connectivity index (χ4v) is 3.09. The van der Waals surface area contributed by atoms with Gasteiger partial charge in [0.05, 0.1) is 31.1 Å². The lowest BCUT2D eigenvalue weighted by Gasteiger charge is -2.23. The Morgan fingerprint density at radius 3 is 2.79 bits per heavy atom. The van der Waals surface area contributed by atoms with Gasteiger partial charge < -0.3 is 14.7 Å². The Balaban J connectivity index is 1.64. The first kappa shape index (κ1) is 21.1. The predicted octanol–water partition coefficient (Wildman–Crippen LogP) is 0.534. The summed E-state index contributed by atoms with van der Waals surface area (Å²) < 4.78 is 44.4. The molecule has 2 amide bonds. The normalized spacial score (nSPS) is 21.3. The summed E-state index contributed by atoms with van der Waals surface area (Å²) in [5.41, 5.74) is 0.560. The van der Waals surface area contributed by atoms with Crippen LogP contribution in [-0.2, 0) is 14.4 Å². The molecule has 2 heterocycles. The van der Waals surface area contributed by atoms with Crippen molar-refractivity contribution in [3.63, 3.8) is 0 Å². The molecular weight excluding hydrogens is 397 g/mol. The lowest BCUT2D eigenvalue weighted by atomic mass is 10.2. The van der Waals surface area contributed by atoms with Crippen LogP contribution in [-0.4, -0.2) is 80.8 Å². The average molecular weight is 418 g/mol. The van der Waals surface area contributed by atoms with Crippen molar-refractivity contribution in [2.75, 3.05) is 49.1 Å². The van der Waals surface area contributed by atoms with Crippen molar-refractivity contribution >= 4 is 23.9 Å². The van der Waals surface area contributed by atoms with Crippen LogP contribution in [0.15, 0.2) is 18.2 Å². The molecule has 2 aliphatic heterocycles. The third-order valence-corrected chi connectivity index (χ3v) is 4.58. The zero-order valence-electron chi connectivity index (χ0n) is 15.3. The topological polar surface area (TPSA) is 94.6 Å². The molecule has 0 aliphatic carbocycles. The Kier molecular flexibility index (Phi) is 6.77. The first-order valence-corrected chi connectivity index (χ1v) is 8.96. The molecule has 2 fully saturated rings. The number of nitrogens with one attached hydrogen (secondary N) is 1. The lowest BCUT2D eigenvalue weighted by molar-refractivity contribution is -0.166. The minimum atomic E-state index is -2.96. The molecule has 29 heavy (non-hydrogen) atoms. The second kappa shape index (κ2) is 9.29. The quantitative estimate of drug-likeness (QED) is 0.493. The van der Waals surface area contributed by atoms with Gasteiger partial charge in [-0.2, -0.15) is 0 Å². The van der Waals surface area contributed by atoms with Crippen LogP contribution in [0.3, 0.4) is 0 Å². The first-order chi connectivity index (χ1) is 13.9. The molecule has 0 radical (unpaired) electrons. The van der Waals surface area contributed by atoms with Gasteiger partial charge in [0.2, 0.25) is 6.41 Å². The fourth-order valence-electron chi connectivity index (χ4n) is 3.09. The number of rotatable bonds is 7. The zero-order valence-corrected chi connectivity index (χ0v) is 15.3. The van der Waals surface area contributed by atoms with Gasteiger partial charge in [-0.25, -0.2) is 23.0 Å². The van der Waals surface area contributed by atoms with E-state index in [9.17, 15) is 22.8 Å². The number of halogens is 3. The molecule has 2 aliphatic rings. The largest absolute Gasteiger partial charge is 0.443 e. The van der Waals surface area contributed by atoms with Crippen LogP contribution in [0.1, 0.15) is 0 Å². The van der Waals surface area contributed by atoms with E-state index in [4.69, 9.17) is 14.7 Å². The van der Waals surface area contributed by atoms with E-state index < -0.39 is 30.7 Å². The van der Waals surface area contributed by atoms with Gasteiger partial charge in [0, 0.05) is 19.6 Å². The molecule has 2 unspecified atom stereocenters. The highest BCUT2D eigenvalue weighted by Crippen LogP contribution is 2.28. The Morgan fingerprint density at radius 2 is 2.10 bits per heavy atom. The van der Waals surface area contributed by atoms with Gasteiger partial charge in [-0.1, -0.05) is 0 Å². The summed E-state index contributed by atoms with van der Waals surface area (Å²) in [5, 5.41) is 12.4. The smallest absolute Gasteiger partial charge is 0.414 e. The Bertz CT molecular complexity index is 741. The molecule has 0 bridgehead atoms. The molecule has 0 spiro atoms. The molecule has 1 aromatic rings. The van der Waals surface area contributed by atoms with Crippen molar-refractivity contribution in [3.05, 3.63) is 24.0 Å². The highest BCUT2D eigenvalue weighted by atomic mass is 19.3. The summed E-state index contributed by atoms with van der Waals surface area (Å²) in [6, 6.07) is 4.25. The summed E-state index contributed by atoms with van der Waals surface area (Å²) in [5.74, 6) is -0.565. The molecule has 2 atom stereocenters. The number of benzene rings is 1. The number of aliphatic hydroxyl groups excluding tert-OH is 1. The van der Waals surface area contributed by atoms with Gasteiger partial charge in [0.15, 0.2) is 6.23 Å². The van der Waals surface area contributed by atoms with Gasteiger partial charge in [-0.05, 0) is 18.2 Å². The second-order valence-electron chi connectivity index (χ2n) is 6.51. The Hall–Kier alpha value is -2.57. The minimum absolute atomic E-state index is 0.0203. The summed E-state index contributed by atoms with van der Waals surface area (Å²) in [6.07, 6.45) is -5.93. The molecule has 2 saturated heterocycles. The van der Waals surface area contributed by atoms with Crippen molar-refractivity contribution in [2.24, 2.45) is 0 Å². The van der Waals surface area contributed by atoms with Crippen molar-refractivity contribution < 1.29 is 37.4 Å². The maximum Gasteiger partial charge on any atom is 0.414 e. The zero-order chi connectivity index (χ0) is 21.0. The number of alkyl halides is 2. The third kappa shape index (κ3) is 5.08. The number of ether oxygens (including phenoxy) is 1. The molecule has 2 N–H and O–H groups in total. The molecule has 0 saturated carbocycles. The van der Waals surface area contributed by atoms with E-state index in [1.54, 1.807) is 11.0 Å². The summed E-state index contributed by atoms with van der Waals surface area (Å²) in [6.45, 7) is 1.11. The van der Waals surface area contributed by atoms with E-state index in [2.05, 4.69) is 5.32 Å². The second-order valence-corrected chi connectivity index (χ2v) is 6.51. The minimum Gasteiger partial charge on any atom is -0.443 e. The number of aliphatic hydroxyl groups is 1. The standard InChI is InChI=1S/C17H21F3N4O5/c18-13-7-11(1-2-14(13)22-3-4-23(10-25)28-6-5-22)24-9-12(29-17(24)27)8-21-16(26)15(19)20/h1-2,7,10,12,15-16,21,26H,3-6,8-9H2. The van der Waals surface area contributed by atoms with E-state index in [-0.39, 0.29) is 31.9 Å². The summed E-state index contributed by atoms with van der Waals surface area (Å²) in [7, 11) is 0. The molecule has 9 nitrogen and oxygen atoms in total. The lowest BCUT2D eigenvalue weighted by Crippen LogP contribution is -2.41. The Morgan fingerprint density at radius 1 is 1.31 bits per heavy atom. The number of amides is 2. The van der Waals surface area contributed by atoms with E-state index >= 15 is 0 Å². The molecule has 3 rings (SSSR count). The van der Waals surface area contributed by atoms with Gasteiger partial charge in [-0.3, -0.25) is 19.8 Å². The average Bonchev–Trinajstić information content (AvgIpc) is 2.91. The fraction of sp³-hybridized carbons (Fsp3) is 0.529. The van der Waals surface area contributed by atoms with E-state index in [0.717, 1.165) is 5.06 Å². The van der Waals surface area contributed by atoms with Crippen LogP contribution >= 0.6 is 0 Å². The SMILES string of the molecule is O=CN1CCN(c2ccc(N3CC(CNC(O)C(F)F)OC3=O)cc2F)CCO1. The van der Waals surface area contributed by atoms with Gasteiger partial charge >= 0.3 is 6.09 Å². The molecule has 12 heteroatoms. The number of nitrogens with zero attached hydrogens (tertiary/aromatic N) is 3. The monoisotopic (exact) mass is 418 g/mol. The highest BCUT2D eigenvalue weighted by Gasteiger charge is 2.33. The van der Waals surface area contributed by atoms with E-state index in [1.807, 2.05) is 0 Å². The molecule has 0 aromatic heterocycles. The van der Waals surface area contributed by atoms with Gasteiger partial charge in [0.25, 0.3) is 6.43 Å². The van der Waals surface area contributed by atoms with Crippen molar-refractivity contribution in [3.8, 4) is 0 Å². The molecule has 1 aromatic carbocycles. The molecular formula is C17H21F3N4O5. The van der Waals surface area contributed by atoms with Crippen LogP contribution in [0.4, 0.5) is 29.3 Å². The highest BCUT2D eigenvalue weighted by molar-refractivity contribution is 5.90. The van der Waals surface area contributed by atoms with Crippen LogP contribution in [0.5, 0.6) is 0 Å². The number of hydrogen-bond acceptors (Lipinski definition) is 7. The number of cyclic esters (lactones) is 1. The van der Waals surface area contributed by atoms with Crippen LogP contribution < -0.4 is 15.1 Å². The number of hydroxylamine groups is 2. The predicted molar refractivity (Wildman–Crippen MR) is 95.0 cm³/mol. The first-order valence-electron chi connectivity index (χ1n) is 8.96. The summed E-state index contributed by atoms with van der Waals surface area (Å²) >= 11 is 0. The van der Waals surface area contributed by atoms with E-state index in [0.29, 0.717) is 25.2 Å². The van der Waals surface area contributed by atoms with Gasteiger partial charge in [0.1, 0.15) is 11.9 Å². The van der Waals surface area contributed by atoms with Gasteiger partial charge in [-0.15, -0.1) is 0 Å². The van der Waals surface area contributed by atoms with Crippen molar-refractivity contribution in [2.45, 2.75) is 18.8 Å².